The van der Waals surface area contributed by atoms with Crippen LogP contribution in [0.1, 0.15) is 0 Å². The van der Waals surface area contributed by atoms with E-state index in [-0.39, 0.29) is 6.73 Å². The molecule has 0 atom stereocenters. The van der Waals surface area contributed by atoms with Crippen molar-refractivity contribution in [3.8, 4) is 0 Å². The molecule has 2 N–H and O–H groups in total. The topological polar surface area (TPSA) is 53.7 Å². The van der Waals surface area contributed by atoms with E-state index in [4.69, 9.17) is 19.0 Å². The van der Waals surface area contributed by atoms with Gasteiger partial charge in [0.1, 0.15) is 0 Å². The second-order valence-corrected chi connectivity index (χ2v) is 2.57. The second kappa shape index (κ2) is 5.20. The van der Waals surface area contributed by atoms with E-state index in [1.807, 2.05) is 0 Å². The van der Waals surface area contributed by atoms with E-state index in [0.717, 1.165) is 0 Å². The van der Waals surface area contributed by atoms with E-state index in [1.165, 1.54) is 14.2 Å². The summed E-state index contributed by atoms with van der Waals surface area (Å²) < 4.78 is 14.2. The Labute approximate surface area is 50.5 Å². The van der Waals surface area contributed by atoms with Gasteiger partial charge in [0.25, 0.3) is 0 Å². The van der Waals surface area contributed by atoms with Gasteiger partial charge in [0.2, 0.25) is 0 Å². The van der Waals surface area contributed by atoms with Crippen LogP contribution in [-0.2, 0) is 13.3 Å². The predicted molar refractivity (Wildman–Crippen MR) is 29.9 cm³/mol. The molecule has 0 aliphatic carbocycles. The molecule has 0 spiro atoms. The molecule has 0 fully saturated rings. The molecule has 0 aromatic heterocycles. The molecule has 0 aliphatic heterocycles. The van der Waals surface area contributed by atoms with Gasteiger partial charge in [-0.1, -0.05) is 0 Å². The fourth-order valence-corrected chi connectivity index (χ4v) is 0.808. The average molecular weight is 136 g/mol. The highest BCUT2D eigenvalue weighted by Gasteiger charge is 2.12. The number of hydrogen-bond donors (Lipinski definition) is 1. The first kappa shape index (κ1) is 8.06. The van der Waals surface area contributed by atoms with Crippen molar-refractivity contribution in [3.05, 3.63) is 0 Å². The Morgan fingerprint density at radius 2 is 1.88 bits per heavy atom. The number of nitrogens with two attached hydrogens (primary N) is 1. The lowest BCUT2D eigenvalue weighted by molar-refractivity contribution is 0.139. The lowest BCUT2D eigenvalue weighted by Gasteiger charge is -2.05. The first-order valence-electron chi connectivity index (χ1n) is 2.13. The van der Waals surface area contributed by atoms with Crippen LogP contribution in [0.4, 0.5) is 0 Å². The quantitative estimate of drug-likeness (QED) is 0.406. The highest BCUT2D eigenvalue weighted by Crippen LogP contribution is 1.83. The molecular formula is C3H10NO3Si. The van der Waals surface area contributed by atoms with E-state index in [0.29, 0.717) is 0 Å². The van der Waals surface area contributed by atoms with Gasteiger partial charge in [0.15, 0.2) is 0 Å². The van der Waals surface area contributed by atoms with Crippen LogP contribution < -0.4 is 5.73 Å². The maximum Gasteiger partial charge on any atom is 0.578 e. The summed E-state index contributed by atoms with van der Waals surface area (Å²) in [6.45, 7) is 0.149. The minimum atomic E-state index is -1.50. The summed E-state index contributed by atoms with van der Waals surface area (Å²) in [6.07, 6.45) is 0. The van der Waals surface area contributed by atoms with Gasteiger partial charge < -0.3 is 19.0 Å². The molecule has 0 saturated carbocycles. The van der Waals surface area contributed by atoms with Crippen molar-refractivity contribution in [3.63, 3.8) is 0 Å². The van der Waals surface area contributed by atoms with E-state index >= 15 is 0 Å². The summed E-state index contributed by atoms with van der Waals surface area (Å²) in [7, 11) is 1.54. The van der Waals surface area contributed by atoms with Crippen LogP contribution in [0.2, 0.25) is 0 Å². The fraction of sp³-hybridized carbons (Fsp3) is 1.00. The summed E-state index contributed by atoms with van der Waals surface area (Å²) in [5.74, 6) is 0. The molecule has 0 unspecified atom stereocenters. The summed E-state index contributed by atoms with van der Waals surface area (Å²) in [6, 6.07) is 0. The van der Waals surface area contributed by atoms with Crippen LogP contribution in [0.3, 0.4) is 0 Å². The monoisotopic (exact) mass is 136 g/mol. The molecule has 0 rings (SSSR count). The summed E-state index contributed by atoms with van der Waals surface area (Å²) in [5.41, 5.74) is 5.02. The first-order chi connectivity index (χ1) is 3.85. The Balaban J connectivity index is 3.07. The van der Waals surface area contributed by atoms with E-state index in [1.54, 1.807) is 0 Å². The molecular weight excluding hydrogens is 126 g/mol. The van der Waals surface area contributed by atoms with Crippen LogP contribution in [0.15, 0.2) is 0 Å². The van der Waals surface area contributed by atoms with Crippen molar-refractivity contribution in [2.75, 3.05) is 21.0 Å². The van der Waals surface area contributed by atoms with Gasteiger partial charge in [-0.05, 0) is 0 Å². The molecule has 0 bridgehead atoms. The SMILES string of the molecule is CO[Si](OC)OCN. The third-order valence-electron chi connectivity index (χ3n) is 0.535. The Kier molecular flexibility index (Phi) is 5.24. The summed E-state index contributed by atoms with van der Waals surface area (Å²) >= 11 is 0. The van der Waals surface area contributed by atoms with Crippen LogP contribution in [0, 0.1) is 0 Å². The van der Waals surface area contributed by atoms with Gasteiger partial charge in [0, 0.05) is 14.2 Å². The molecule has 0 aliphatic rings. The lowest BCUT2D eigenvalue weighted by Crippen LogP contribution is -2.26. The number of hydrogen-bond acceptors (Lipinski definition) is 4. The summed E-state index contributed by atoms with van der Waals surface area (Å²) in [5, 5.41) is 0. The smallest absolute Gasteiger partial charge is 0.375 e. The molecule has 8 heavy (non-hydrogen) atoms. The lowest BCUT2D eigenvalue weighted by atomic mass is 11.4. The number of rotatable bonds is 4. The predicted octanol–water partition coefficient (Wildman–Crippen LogP) is -0.803. The zero-order valence-electron chi connectivity index (χ0n) is 5.01. The van der Waals surface area contributed by atoms with E-state index < -0.39 is 9.53 Å². The van der Waals surface area contributed by atoms with Crippen LogP contribution in [-0.4, -0.2) is 30.5 Å². The minimum Gasteiger partial charge on any atom is -0.375 e. The molecule has 49 valence electrons. The van der Waals surface area contributed by atoms with Crippen molar-refractivity contribution in [1.82, 2.24) is 0 Å². The van der Waals surface area contributed by atoms with Gasteiger partial charge in [0.05, 0.1) is 6.73 Å². The van der Waals surface area contributed by atoms with Crippen molar-refractivity contribution in [2.45, 2.75) is 0 Å². The Hall–Kier alpha value is 0.0569. The van der Waals surface area contributed by atoms with Crippen molar-refractivity contribution in [1.29, 1.82) is 0 Å². The summed E-state index contributed by atoms with van der Waals surface area (Å²) in [4.78, 5) is 0. The second-order valence-electron chi connectivity index (χ2n) is 0.969. The maximum absolute atomic E-state index is 5.02. The Morgan fingerprint density at radius 3 is 2.00 bits per heavy atom. The third kappa shape index (κ3) is 3.11. The average Bonchev–Trinajstić information content (AvgIpc) is 1.83. The minimum absolute atomic E-state index is 0.149. The van der Waals surface area contributed by atoms with Crippen LogP contribution in [0.5, 0.6) is 0 Å². The van der Waals surface area contributed by atoms with Gasteiger partial charge in [-0.25, -0.2) is 0 Å². The molecule has 0 amide bonds. The third-order valence-corrected chi connectivity index (χ3v) is 1.60. The maximum atomic E-state index is 5.02. The molecule has 0 saturated heterocycles. The zero-order valence-corrected chi connectivity index (χ0v) is 6.01. The first-order valence-corrected chi connectivity index (χ1v) is 3.35. The van der Waals surface area contributed by atoms with Gasteiger partial charge in [-0.3, -0.25) is 0 Å². The van der Waals surface area contributed by atoms with Gasteiger partial charge in [-0.2, -0.15) is 0 Å². The Bertz CT molecular complexity index is 49.8. The molecule has 4 nitrogen and oxygen atoms in total. The van der Waals surface area contributed by atoms with Gasteiger partial charge in [-0.15, -0.1) is 0 Å². The van der Waals surface area contributed by atoms with Gasteiger partial charge >= 0.3 is 9.53 Å². The molecule has 1 radical (unpaired) electrons. The highest BCUT2D eigenvalue weighted by molar-refractivity contribution is 6.36. The highest BCUT2D eigenvalue weighted by atomic mass is 28.3. The van der Waals surface area contributed by atoms with Crippen LogP contribution in [0.25, 0.3) is 0 Å². The molecule has 0 aromatic rings. The van der Waals surface area contributed by atoms with Crippen molar-refractivity contribution in [2.24, 2.45) is 5.73 Å². The van der Waals surface area contributed by atoms with E-state index in [9.17, 15) is 0 Å². The molecule has 5 heteroatoms. The van der Waals surface area contributed by atoms with E-state index in [2.05, 4.69) is 0 Å². The van der Waals surface area contributed by atoms with Crippen molar-refractivity contribution >= 4 is 9.53 Å². The standard InChI is InChI=1S/C3H10NO3Si/c1-5-8(6-2)7-3-4/h3-4H2,1-2H3. The largest absolute Gasteiger partial charge is 0.578 e. The fourth-order valence-electron chi connectivity index (χ4n) is 0.269. The molecule has 0 aromatic carbocycles. The Morgan fingerprint density at radius 1 is 1.38 bits per heavy atom. The van der Waals surface area contributed by atoms with Crippen molar-refractivity contribution < 1.29 is 13.3 Å². The normalized spacial score (nSPS) is 10.5. The molecule has 0 heterocycles. The van der Waals surface area contributed by atoms with Crippen LogP contribution >= 0.6 is 0 Å². The zero-order chi connectivity index (χ0) is 6.41.